The lowest BCUT2D eigenvalue weighted by atomic mass is 9.76. The van der Waals surface area contributed by atoms with E-state index in [9.17, 15) is 0 Å². The lowest BCUT2D eigenvalue weighted by Gasteiger charge is -2.32. The van der Waals surface area contributed by atoms with E-state index in [2.05, 4.69) is 32.2 Å². The van der Waals surface area contributed by atoms with Gasteiger partial charge in [0, 0.05) is 13.0 Å². The van der Waals surface area contributed by atoms with Crippen LogP contribution in [0.25, 0.3) is 0 Å². The molecule has 1 aromatic heterocycles. The Balaban J connectivity index is 2.66. The van der Waals surface area contributed by atoms with Gasteiger partial charge in [-0.3, -0.25) is 0 Å². The second kappa shape index (κ2) is 7.54. The zero-order valence-electron chi connectivity index (χ0n) is 11.6. The van der Waals surface area contributed by atoms with Crippen LogP contribution in [-0.4, -0.2) is 13.1 Å². The Kier molecular flexibility index (Phi) is 6.35. The van der Waals surface area contributed by atoms with E-state index in [1.807, 2.05) is 6.07 Å². The van der Waals surface area contributed by atoms with Crippen molar-refractivity contribution in [3.63, 3.8) is 0 Å². The molecule has 1 atom stereocenters. The summed E-state index contributed by atoms with van der Waals surface area (Å²) >= 11 is 0. The lowest BCUT2D eigenvalue weighted by molar-refractivity contribution is 0.216. The smallest absolute Gasteiger partial charge is 0.104 e. The highest BCUT2D eigenvalue weighted by Gasteiger charge is 2.28. The third-order valence-electron chi connectivity index (χ3n) is 3.69. The Labute approximate surface area is 106 Å². The summed E-state index contributed by atoms with van der Waals surface area (Å²) < 4.78 is 5.52. The molecule has 1 rings (SSSR count). The van der Waals surface area contributed by atoms with Crippen molar-refractivity contribution in [2.24, 2.45) is 5.41 Å². The van der Waals surface area contributed by atoms with Crippen molar-refractivity contribution >= 4 is 0 Å². The third-order valence-corrected chi connectivity index (χ3v) is 3.69. The van der Waals surface area contributed by atoms with Gasteiger partial charge in [-0.2, -0.15) is 0 Å². The standard InChI is InChI=1S/C15H27NO/c1-4-7-10-15(5-2,13-16-6-3)12-14-9-8-11-17-14/h8-9,11,16H,4-7,10,12-13H2,1-3H3. The van der Waals surface area contributed by atoms with Gasteiger partial charge in [-0.05, 0) is 36.9 Å². The van der Waals surface area contributed by atoms with Crippen LogP contribution in [0.4, 0.5) is 0 Å². The van der Waals surface area contributed by atoms with E-state index in [0.717, 1.165) is 25.3 Å². The maximum absolute atomic E-state index is 5.52. The highest BCUT2D eigenvalue weighted by Crippen LogP contribution is 2.32. The normalized spacial score (nSPS) is 14.8. The Hall–Kier alpha value is -0.760. The van der Waals surface area contributed by atoms with Crippen LogP contribution in [-0.2, 0) is 6.42 Å². The molecule has 0 bridgehead atoms. The van der Waals surface area contributed by atoms with E-state index in [0.29, 0.717) is 5.41 Å². The van der Waals surface area contributed by atoms with E-state index in [-0.39, 0.29) is 0 Å². The molecule has 0 saturated carbocycles. The molecule has 1 N–H and O–H groups in total. The van der Waals surface area contributed by atoms with Crippen molar-refractivity contribution < 1.29 is 4.42 Å². The minimum atomic E-state index is 0.365. The molecule has 0 aliphatic rings. The summed E-state index contributed by atoms with van der Waals surface area (Å²) in [5.41, 5.74) is 0.365. The topological polar surface area (TPSA) is 25.2 Å². The maximum atomic E-state index is 5.52. The van der Waals surface area contributed by atoms with Crippen LogP contribution < -0.4 is 5.32 Å². The van der Waals surface area contributed by atoms with Gasteiger partial charge in [-0.1, -0.05) is 33.6 Å². The average molecular weight is 237 g/mol. The van der Waals surface area contributed by atoms with Crippen LogP contribution in [0.2, 0.25) is 0 Å². The predicted molar refractivity (Wildman–Crippen MR) is 73.2 cm³/mol. The second-order valence-electron chi connectivity index (χ2n) is 4.99. The summed E-state index contributed by atoms with van der Waals surface area (Å²) in [6.45, 7) is 8.89. The molecule has 17 heavy (non-hydrogen) atoms. The highest BCUT2D eigenvalue weighted by atomic mass is 16.3. The van der Waals surface area contributed by atoms with E-state index < -0.39 is 0 Å². The van der Waals surface area contributed by atoms with E-state index >= 15 is 0 Å². The van der Waals surface area contributed by atoms with Crippen LogP contribution in [0, 0.1) is 5.41 Å². The van der Waals surface area contributed by atoms with Gasteiger partial charge in [-0.25, -0.2) is 0 Å². The van der Waals surface area contributed by atoms with Gasteiger partial charge in [0.25, 0.3) is 0 Å². The predicted octanol–water partition coefficient (Wildman–Crippen LogP) is 4.02. The molecule has 2 nitrogen and oxygen atoms in total. The average Bonchev–Trinajstić information content (AvgIpc) is 2.85. The highest BCUT2D eigenvalue weighted by molar-refractivity contribution is 5.02. The molecule has 0 aromatic carbocycles. The van der Waals surface area contributed by atoms with Crippen molar-refractivity contribution in [3.8, 4) is 0 Å². The molecule has 0 saturated heterocycles. The van der Waals surface area contributed by atoms with Crippen LogP contribution in [0.15, 0.2) is 22.8 Å². The first-order valence-corrected chi connectivity index (χ1v) is 6.99. The van der Waals surface area contributed by atoms with Crippen LogP contribution in [0.1, 0.15) is 52.2 Å². The second-order valence-corrected chi connectivity index (χ2v) is 4.99. The fourth-order valence-electron chi connectivity index (χ4n) is 2.39. The van der Waals surface area contributed by atoms with E-state index in [1.54, 1.807) is 6.26 Å². The van der Waals surface area contributed by atoms with Gasteiger partial charge in [-0.15, -0.1) is 0 Å². The van der Waals surface area contributed by atoms with Gasteiger partial charge in [0.1, 0.15) is 5.76 Å². The Morgan fingerprint density at radius 3 is 2.65 bits per heavy atom. The van der Waals surface area contributed by atoms with Gasteiger partial charge in [0.05, 0.1) is 6.26 Å². The molecule has 0 spiro atoms. The Morgan fingerprint density at radius 2 is 2.12 bits per heavy atom. The van der Waals surface area contributed by atoms with Gasteiger partial charge in [0.2, 0.25) is 0 Å². The molecule has 0 fully saturated rings. The fraction of sp³-hybridized carbons (Fsp3) is 0.733. The first-order chi connectivity index (χ1) is 8.26. The zero-order chi connectivity index (χ0) is 12.6. The summed E-state index contributed by atoms with van der Waals surface area (Å²) in [6, 6.07) is 4.09. The summed E-state index contributed by atoms with van der Waals surface area (Å²) in [4.78, 5) is 0. The quantitative estimate of drug-likeness (QED) is 0.702. The van der Waals surface area contributed by atoms with Crippen molar-refractivity contribution in [1.82, 2.24) is 5.32 Å². The van der Waals surface area contributed by atoms with Gasteiger partial charge in [0.15, 0.2) is 0 Å². The molecule has 1 heterocycles. The number of furan rings is 1. The number of nitrogens with one attached hydrogen (secondary N) is 1. The molecule has 2 heteroatoms. The Morgan fingerprint density at radius 1 is 1.29 bits per heavy atom. The number of unbranched alkanes of at least 4 members (excludes halogenated alkanes) is 1. The zero-order valence-corrected chi connectivity index (χ0v) is 11.6. The van der Waals surface area contributed by atoms with Crippen molar-refractivity contribution in [1.29, 1.82) is 0 Å². The molecular formula is C15H27NO. The number of hydrogen-bond acceptors (Lipinski definition) is 2. The van der Waals surface area contributed by atoms with Crippen LogP contribution in [0.5, 0.6) is 0 Å². The van der Waals surface area contributed by atoms with Crippen molar-refractivity contribution in [3.05, 3.63) is 24.2 Å². The van der Waals surface area contributed by atoms with Gasteiger partial charge < -0.3 is 9.73 Å². The summed E-state index contributed by atoms with van der Waals surface area (Å²) in [6.07, 6.45) is 7.91. The monoisotopic (exact) mass is 237 g/mol. The van der Waals surface area contributed by atoms with Gasteiger partial charge >= 0.3 is 0 Å². The molecule has 1 unspecified atom stereocenters. The fourth-order valence-corrected chi connectivity index (χ4v) is 2.39. The molecule has 0 amide bonds. The van der Waals surface area contributed by atoms with Crippen LogP contribution in [0.3, 0.4) is 0 Å². The summed E-state index contributed by atoms with van der Waals surface area (Å²) in [7, 11) is 0. The SMILES string of the molecule is CCCCC(CC)(CNCC)Cc1ccco1. The number of hydrogen-bond donors (Lipinski definition) is 1. The minimum Gasteiger partial charge on any atom is -0.469 e. The van der Waals surface area contributed by atoms with Crippen LogP contribution >= 0.6 is 0 Å². The largest absolute Gasteiger partial charge is 0.469 e. The summed E-state index contributed by atoms with van der Waals surface area (Å²) in [5, 5.41) is 3.52. The molecule has 98 valence electrons. The maximum Gasteiger partial charge on any atom is 0.104 e. The van der Waals surface area contributed by atoms with Crippen molar-refractivity contribution in [2.45, 2.75) is 52.9 Å². The molecule has 1 aromatic rings. The van der Waals surface area contributed by atoms with Crippen molar-refractivity contribution in [2.75, 3.05) is 13.1 Å². The molecule has 0 aliphatic carbocycles. The number of rotatable bonds is 9. The third kappa shape index (κ3) is 4.55. The first kappa shape index (κ1) is 14.3. The van der Waals surface area contributed by atoms with E-state index in [1.165, 1.54) is 25.7 Å². The lowest BCUT2D eigenvalue weighted by Crippen LogP contribution is -2.35. The molecule has 0 aliphatic heterocycles. The minimum absolute atomic E-state index is 0.365. The molecular weight excluding hydrogens is 210 g/mol. The first-order valence-electron chi connectivity index (χ1n) is 6.99. The van der Waals surface area contributed by atoms with E-state index in [4.69, 9.17) is 4.42 Å². The summed E-state index contributed by atoms with van der Waals surface area (Å²) in [5.74, 6) is 1.13. The Bertz CT molecular complexity index is 271. The molecule has 0 radical (unpaired) electrons.